The second-order valence-corrected chi connectivity index (χ2v) is 10.3. The highest BCUT2D eigenvalue weighted by atomic mass is 35.5. The number of fused-ring (bicyclic) bond motifs is 6. The molecule has 3 aromatic carbocycles. The van der Waals surface area contributed by atoms with E-state index in [9.17, 15) is 15.5 Å². The molecule has 2 bridgehead atoms. The van der Waals surface area contributed by atoms with Gasteiger partial charge >= 0.3 is 0 Å². The van der Waals surface area contributed by atoms with Crippen molar-refractivity contribution in [3.8, 4) is 29.3 Å². The van der Waals surface area contributed by atoms with Gasteiger partial charge in [0.05, 0.1) is 50.7 Å². The molecule has 8 heteroatoms. The molecular formula is C28H22Cl2N2O4. The van der Waals surface area contributed by atoms with E-state index >= 15 is 0 Å². The number of nitriles is 1. The molecule has 4 aromatic rings. The van der Waals surface area contributed by atoms with Crippen LogP contribution in [0, 0.1) is 11.3 Å². The molecule has 0 spiro atoms. The van der Waals surface area contributed by atoms with Gasteiger partial charge in [-0.3, -0.25) is 4.57 Å². The minimum atomic E-state index is -0.796. The summed E-state index contributed by atoms with van der Waals surface area (Å²) < 4.78 is 13.9. The third kappa shape index (κ3) is 3.20. The lowest BCUT2D eigenvalue weighted by Crippen LogP contribution is -2.25. The fourth-order valence-corrected chi connectivity index (χ4v) is 6.10. The lowest BCUT2D eigenvalue weighted by atomic mass is 9.78. The largest absolute Gasteiger partial charge is 0.494 e. The van der Waals surface area contributed by atoms with Crippen molar-refractivity contribution in [1.29, 1.82) is 5.26 Å². The number of nitrogens with zero attached hydrogens (tertiary/aromatic N) is 2. The van der Waals surface area contributed by atoms with Crippen LogP contribution in [0.15, 0.2) is 54.6 Å². The maximum absolute atomic E-state index is 11.5. The zero-order chi connectivity index (χ0) is 25.2. The normalized spacial score (nSPS) is 22.1. The molecule has 182 valence electrons. The summed E-state index contributed by atoms with van der Waals surface area (Å²) in [4.78, 5) is 0. The van der Waals surface area contributed by atoms with Crippen LogP contribution in [0.1, 0.15) is 42.9 Å². The van der Waals surface area contributed by atoms with Gasteiger partial charge in [0, 0.05) is 23.3 Å². The van der Waals surface area contributed by atoms with Crippen LogP contribution in [0.2, 0.25) is 10.0 Å². The SMILES string of the molecule is C[C@]12CC[C@](CCOc3ccc(Cl)c(Cl)c3)(O1)c1c2c(O)n(-c2ccc(C#N)c3ccccc23)c1O. The highest BCUT2D eigenvalue weighted by Gasteiger charge is 2.61. The minimum absolute atomic E-state index is 0.0492. The predicted octanol–water partition coefficient (Wildman–Crippen LogP) is 6.92. The van der Waals surface area contributed by atoms with Crippen molar-refractivity contribution in [2.45, 2.75) is 37.4 Å². The van der Waals surface area contributed by atoms with E-state index in [1.165, 1.54) is 4.57 Å². The summed E-state index contributed by atoms with van der Waals surface area (Å²) in [6, 6.07) is 18.2. The van der Waals surface area contributed by atoms with Crippen LogP contribution in [0.5, 0.6) is 17.5 Å². The number of ether oxygens (including phenoxy) is 2. The van der Waals surface area contributed by atoms with E-state index in [2.05, 4.69) is 6.07 Å². The van der Waals surface area contributed by atoms with Crippen molar-refractivity contribution in [3.63, 3.8) is 0 Å². The summed E-state index contributed by atoms with van der Waals surface area (Å²) >= 11 is 12.1. The van der Waals surface area contributed by atoms with E-state index in [0.29, 0.717) is 64.0 Å². The van der Waals surface area contributed by atoms with Gasteiger partial charge < -0.3 is 19.7 Å². The van der Waals surface area contributed by atoms with Crippen LogP contribution < -0.4 is 4.74 Å². The first-order valence-corrected chi connectivity index (χ1v) is 12.4. The van der Waals surface area contributed by atoms with E-state index in [4.69, 9.17) is 32.7 Å². The van der Waals surface area contributed by atoms with Gasteiger partial charge in [-0.1, -0.05) is 47.5 Å². The van der Waals surface area contributed by atoms with Crippen LogP contribution in [0.3, 0.4) is 0 Å². The van der Waals surface area contributed by atoms with E-state index in [-0.39, 0.29) is 11.8 Å². The molecular weight excluding hydrogens is 499 g/mol. The first-order chi connectivity index (χ1) is 17.3. The lowest BCUT2D eigenvalue weighted by Gasteiger charge is -2.26. The fraction of sp³-hybridized carbons (Fsp3) is 0.250. The highest BCUT2D eigenvalue weighted by molar-refractivity contribution is 6.42. The Balaban J connectivity index is 1.41. The summed E-state index contributed by atoms with van der Waals surface area (Å²) in [5.74, 6) is 0.482. The second kappa shape index (κ2) is 8.07. The zero-order valence-corrected chi connectivity index (χ0v) is 20.9. The first kappa shape index (κ1) is 23.1. The molecule has 1 aromatic heterocycles. The molecule has 36 heavy (non-hydrogen) atoms. The Morgan fingerprint density at radius 2 is 1.75 bits per heavy atom. The summed E-state index contributed by atoms with van der Waals surface area (Å²) in [6.45, 7) is 2.26. The van der Waals surface area contributed by atoms with Crippen LogP contribution in [0.25, 0.3) is 16.5 Å². The quantitative estimate of drug-likeness (QED) is 0.298. The Labute approximate surface area is 217 Å². The van der Waals surface area contributed by atoms with Crippen molar-refractivity contribution in [1.82, 2.24) is 4.57 Å². The molecule has 2 N–H and O–H groups in total. The third-order valence-electron chi connectivity index (χ3n) is 7.46. The number of rotatable bonds is 5. The minimum Gasteiger partial charge on any atom is -0.494 e. The summed E-state index contributed by atoms with van der Waals surface area (Å²) in [7, 11) is 0. The fourth-order valence-electron chi connectivity index (χ4n) is 5.81. The van der Waals surface area contributed by atoms with Gasteiger partial charge in [0.25, 0.3) is 0 Å². The molecule has 0 saturated carbocycles. The van der Waals surface area contributed by atoms with Gasteiger partial charge in [-0.15, -0.1) is 0 Å². The van der Waals surface area contributed by atoms with Crippen LogP contribution in [-0.4, -0.2) is 21.4 Å². The van der Waals surface area contributed by atoms with Crippen molar-refractivity contribution < 1.29 is 19.7 Å². The summed E-state index contributed by atoms with van der Waals surface area (Å²) in [5.41, 5.74) is 0.802. The van der Waals surface area contributed by atoms with Gasteiger partial charge in [-0.2, -0.15) is 5.26 Å². The number of aromatic hydroxyl groups is 2. The predicted molar refractivity (Wildman–Crippen MR) is 137 cm³/mol. The standard InChI is InChI=1S/C28H22Cl2N2O4/c1-27-10-11-28(36-27,12-13-35-17-7-8-20(29)21(30)14-17)24-23(27)25(33)32(26(24)34)22-9-6-16(15-31)18-4-2-3-5-19(18)22/h2-9,14,33-34H,10-13H2,1H3/t27-,28-/m1/s1. The summed E-state index contributed by atoms with van der Waals surface area (Å²) in [5, 5.41) is 34.9. The topological polar surface area (TPSA) is 87.6 Å². The second-order valence-electron chi connectivity index (χ2n) is 9.52. The smallest absolute Gasteiger partial charge is 0.205 e. The molecule has 1 saturated heterocycles. The van der Waals surface area contributed by atoms with E-state index in [1.54, 1.807) is 30.3 Å². The number of halogens is 2. The first-order valence-electron chi connectivity index (χ1n) is 11.7. The molecule has 0 unspecified atom stereocenters. The maximum Gasteiger partial charge on any atom is 0.205 e. The molecule has 3 heterocycles. The number of aromatic nitrogens is 1. The zero-order valence-electron chi connectivity index (χ0n) is 19.4. The van der Waals surface area contributed by atoms with Gasteiger partial charge in [-0.05, 0) is 44.0 Å². The molecule has 6 nitrogen and oxygen atoms in total. The van der Waals surface area contributed by atoms with Gasteiger partial charge in [0.15, 0.2) is 0 Å². The summed E-state index contributed by atoms with van der Waals surface area (Å²) in [6.07, 6.45) is 1.87. The average molecular weight is 521 g/mol. The monoisotopic (exact) mass is 520 g/mol. The average Bonchev–Trinajstić information content (AvgIpc) is 3.45. The van der Waals surface area contributed by atoms with Crippen LogP contribution in [-0.2, 0) is 15.9 Å². The van der Waals surface area contributed by atoms with Crippen LogP contribution >= 0.6 is 23.2 Å². The van der Waals surface area contributed by atoms with Gasteiger partial charge in [-0.25, -0.2) is 0 Å². The Morgan fingerprint density at radius 3 is 2.50 bits per heavy atom. The van der Waals surface area contributed by atoms with Crippen LogP contribution in [0.4, 0.5) is 0 Å². The highest BCUT2D eigenvalue weighted by Crippen LogP contribution is 2.65. The Hall–Kier alpha value is -3.37. The Bertz CT molecular complexity index is 1590. The Morgan fingerprint density at radius 1 is 1.00 bits per heavy atom. The Kier molecular flexibility index (Phi) is 5.17. The molecule has 6 rings (SSSR count). The number of hydrogen-bond donors (Lipinski definition) is 2. The van der Waals surface area contributed by atoms with Crippen molar-refractivity contribution in [2.75, 3.05) is 6.61 Å². The molecule has 2 aliphatic rings. The lowest BCUT2D eigenvalue weighted by molar-refractivity contribution is -0.0876. The number of benzene rings is 3. The molecule has 0 aliphatic carbocycles. The molecule has 1 fully saturated rings. The van der Waals surface area contributed by atoms with Gasteiger partial charge in [0.1, 0.15) is 11.4 Å². The maximum atomic E-state index is 11.5. The van der Waals surface area contributed by atoms with E-state index in [0.717, 1.165) is 10.8 Å². The third-order valence-corrected chi connectivity index (χ3v) is 8.20. The van der Waals surface area contributed by atoms with Crippen molar-refractivity contribution in [2.24, 2.45) is 0 Å². The van der Waals surface area contributed by atoms with Crippen molar-refractivity contribution in [3.05, 3.63) is 81.3 Å². The molecule has 0 radical (unpaired) electrons. The van der Waals surface area contributed by atoms with E-state index in [1.807, 2.05) is 31.2 Å². The van der Waals surface area contributed by atoms with Gasteiger partial charge in [0.2, 0.25) is 11.8 Å². The number of hydrogen-bond acceptors (Lipinski definition) is 5. The molecule has 2 aliphatic heterocycles. The molecule has 0 amide bonds. The molecule has 2 atom stereocenters. The van der Waals surface area contributed by atoms with Crippen molar-refractivity contribution >= 4 is 34.0 Å². The van der Waals surface area contributed by atoms with E-state index < -0.39 is 11.2 Å².